The summed E-state index contributed by atoms with van der Waals surface area (Å²) in [5.74, 6) is 0.422. The molecule has 0 aliphatic heterocycles. The van der Waals surface area contributed by atoms with Gasteiger partial charge in [0.25, 0.3) is 0 Å². The Bertz CT molecular complexity index is 567. The van der Waals surface area contributed by atoms with E-state index in [-0.39, 0.29) is 30.9 Å². The lowest BCUT2D eigenvalue weighted by molar-refractivity contribution is 0.203. The largest absolute Gasteiger partial charge is 0.394 e. The molecule has 1 unspecified atom stereocenters. The number of rotatable bonds is 9. The molecule has 1 heterocycles. The van der Waals surface area contributed by atoms with E-state index in [4.69, 9.17) is 15.4 Å². The number of hydrogen-bond donors (Lipinski definition) is 3. The van der Waals surface area contributed by atoms with Gasteiger partial charge < -0.3 is 25.6 Å². The predicted molar refractivity (Wildman–Crippen MR) is 86.3 cm³/mol. The van der Waals surface area contributed by atoms with Crippen LogP contribution in [0.5, 0.6) is 0 Å². The molecule has 8 heteroatoms. The Balaban J connectivity index is 2.59. The third kappa shape index (κ3) is 5.68. The molecule has 8 nitrogen and oxygen atoms in total. The van der Waals surface area contributed by atoms with Crippen molar-refractivity contribution in [3.63, 3.8) is 0 Å². The maximum absolute atomic E-state index is 12.2. The number of carbonyl (C=O) groups is 1. The molecule has 23 heavy (non-hydrogen) atoms. The van der Waals surface area contributed by atoms with Crippen molar-refractivity contribution < 1.29 is 14.4 Å². The number of urea groups is 1. The predicted octanol–water partition coefficient (Wildman–Crippen LogP) is 0.892. The standard InChI is InChI=1S/C15H23N5O3/c1-4-7-11(5-2)9-20(6-3)15(22)17-8-13-18-14(19-23-13)12(16)10-21/h4-5,7,12,21H,1-2,6,8-10,16H2,3H3,(H,17,22)/b11-7+. The Hall–Kier alpha value is -2.45. The van der Waals surface area contributed by atoms with Crippen LogP contribution in [0.4, 0.5) is 4.79 Å². The second-order valence-electron chi connectivity index (χ2n) is 4.69. The molecule has 0 bridgehead atoms. The lowest BCUT2D eigenvalue weighted by Crippen LogP contribution is -2.40. The number of likely N-dealkylation sites (N-methyl/N-ethyl adjacent to an activating group) is 1. The quantitative estimate of drug-likeness (QED) is 0.581. The van der Waals surface area contributed by atoms with Crippen molar-refractivity contribution >= 4 is 6.03 Å². The van der Waals surface area contributed by atoms with Gasteiger partial charge in [-0.1, -0.05) is 36.5 Å². The molecule has 0 aliphatic carbocycles. The van der Waals surface area contributed by atoms with Gasteiger partial charge in [0.1, 0.15) is 0 Å². The van der Waals surface area contributed by atoms with Crippen molar-refractivity contribution in [1.29, 1.82) is 0 Å². The Kier molecular flexibility index (Phi) is 7.72. The summed E-state index contributed by atoms with van der Waals surface area (Å²) >= 11 is 0. The van der Waals surface area contributed by atoms with E-state index in [0.717, 1.165) is 5.57 Å². The topological polar surface area (TPSA) is 118 Å². The molecule has 0 saturated heterocycles. The van der Waals surface area contributed by atoms with E-state index in [9.17, 15) is 4.79 Å². The number of aliphatic hydroxyl groups is 1. The summed E-state index contributed by atoms with van der Waals surface area (Å²) in [4.78, 5) is 17.8. The molecular weight excluding hydrogens is 298 g/mol. The summed E-state index contributed by atoms with van der Waals surface area (Å²) in [6, 6.07) is -0.968. The molecule has 1 rings (SSSR count). The molecular formula is C15H23N5O3. The van der Waals surface area contributed by atoms with Crippen LogP contribution in [0.25, 0.3) is 0 Å². The fourth-order valence-corrected chi connectivity index (χ4v) is 1.72. The monoisotopic (exact) mass is 321 g/mol. The number of hydrogen-bond acceptors (Lipinski definition) is 6. The summed E-state index contributed by atoms with van der Waals surface area (Å²) in [5, 5.41) is 15.3. The molecule has 0 fully saturated rings. The minimum absolute atomic E-state index is 0.0784. The van der Waals surface area contributed by atoms with E-state index >= 15 is 0 Å². The van der Waals surface area contributed by atoms with Gasteiger partial charge >= 0.3 is 6.03 Å². The van der Waals surface area contributed by atoms with Gasteiger partial charge in [-0.25, -0.2) is 4.79 Å². The van der Waals surface area contributed by atoms with Gasteiger partial charge in [-0.3, -0.25) is 0 Å². The van der Waals surface area contributed by atoms with E-state index in [2.05, 4.69) is 28.6 Å². The van der Waals surface area contributed by atoms with Crippen molar-refractivity contribution in [2.45, 2.75) is 19.5 Å². The molecule has 1 atom stereocenters. The van der Waals surface area contributed by atoms with Crippen molar-refractivity contribution in [2.75, 3.05) is 19.7 Å². The van der Waals surface area contributed by atoms with Crippen molar-refractivity contribution in [3.8, 4) is 0 Å². The maximum Gasteiger partial charge on any atom is 0.318 e. The average Bonchev–Trinajstić information content (AvgIpc) is 3.04. The van der Waals surface area contributed by atoms with E-state index in [1.807, 2.05) is 6.92 Å². The molecule has 2 amide bonds. The summed E-state index contributed by atoms with van der Waals surface area (Å²) in [7, 11) is 0. The highest BCUT2D eigenvalue weighted by Gasteiger charge is 2.16. The normalized spacial score (nSPS) is 12.6. The summed E-state index contributed by atoms with van der Waals surface area (Å²) in [5.41, 5.74) is 6.46. The lowest BCUT2D eigenvalue weighted by atomic mass is 10.2. The van der Waals surface area contributed by atoms with E-state index < -0.39 is 6.04 Å². The highest BCUT2D eigenvalue weighted by molar-refractivity contribution is 5.74. The summed E-state index contributed by atoms with van der Waals surface area (Å²) in [6.07, 6.45) is 5.12. The zero-order chi connectivity index (χ0) is 17.2. The smallest absolute Gasteiger partial charge is 0.318 e. The fourth-order valence-electron chi connectivity index (χ4n) is 1.72. The van der Waals surface area contributed by atoms with Crippen LogP contribution in [0.3, 0.4) is 0 Å². The minimum atomic E-state index is -0.700. The van der Waals surface area contributed by atoms with E-state index in [0.29, 0.717) is 13.1 Å². The van der Waals surface area contributed by atoms with Crippen molar-refractivity contribution in [3.05, 3.63) is 48.7 Å². The highest BCUT2D eigenvalue weighted by atomic mass is 16.5. The van der Waals surface area contributed by atoms with Crippen LogP contribution in [0.2, 0.25) is 0 Å². The molecule has 0 radical (unpaired) electrons. The van der Waals surface area contributed by atoms with Crippen molar-refractivity contribution in [1.82, 2.24) is 20.4 Å². The van der Waals surface area contributed by atoms with Gasteiger partial charge in [0.2, 0.25) is 5.89 Å². The second-order valence-corrected chi connectivity index (χ2v) is 4.69. The third-order valence-corrected chi connectivity index (χ3v) is 3.04. The number of aromatic nitrogens is 2. The molecule has 0 aliphatic rings. The number of nitrogens with zero attached hydrogens (tertiary/aromatic N) is 3. The number of carbonyl (C=O) groups excluding carboxylic acids is 1. The third-order valence-electron chi connectivity index (χ3n) is 3.04. The molecule has 126 valence electrons. The van der Waals surface area contributed by atoms with Crippen LogP contribution in [-0.4, -0.2) is 45.9 Å². The van der Waals surface area contributed by atoms with Crippen LogP contribution in [0.15, 0.2) is 41.5 Å². The van der Waals surface area contributed by atoms with Crippen LogP contribution in [0.1, 0.15) is 24.7 Å². The lowest BCUT2D eigenvalue weighted by Gasteiger charge is -2.21. The summed E-state index contributed by atoms with van der Waals surface area (Å²) in [6.45, 7) is 9.95. The first kappa shape index (κ1) is 18.6. The maximum atomic E-state index is 12.2. The first-order valence-electron chi connectivity index (χ1n) is 7.21. The molecule has 0 aromatic carbocycles. The number of aliphatic hydroxyl groups excluding tert-OH is 1. The Morgan fingerprint density at radius 3 is 2.87 bits per heavy atom. The Morgan fingerprint density at radius 1 is 1.57 bits per heavy atom. The molecule has 1 aromatic heterocycles. The molecule has 1 aromatic rings. The van der Waals surface area contributed by atoms with Gasteiger partial charge in [-0.2, -0.15) is 4.98 Å². The zero-order valence-corrected chi connectivity index (χ0v) is 13.2. The zero-order valence-electron chi connectivity index (χ0n) is 13.2. The minimum Gasteiger partial charge on any atom is -0.394 e. The first-order chi connectivity index (χ1) is 11.0. The molecule has 0 spiro atoms. The van der Waals surface area contributed by atoms with Crippen LogP contribution >= 0.6 is 0 Å². The van der Waals surface area contributed by atoms with Crippen LogP contribution < -0.4 is 11.1 Å². The SMILES string of the molecule is C=C/C=C(\C=C)CN(CC)C(=O)NCc1nc(C(N)CO)no1. The van der Waals surface area contributed by atoms with Gasteiger partial charge in [-0.05, 0) is 12.5 Å². The highest BCUT2D eigenvalue weighted by Crippen LogP contribution is 2.06. The number of amides is 2. The van der Waals surface area contributed by atoms with E-state index in [1.54, 1.807) is 23.1 Å². The number of nitrogens with one attached hydrogen (secondary N) is 1. The second kappa shape index (κ2) is 9.54. The van der Waals surface area contributed by atoms with Crippen LogP contribution in [-0.2, 0) is 6.54 Å². The Labute approximate surface area is 135 Å². The average molecular weight is 321 g/mol. The Morgan fingerprint density at radius 2 is 2.30 bits per heavy atom. The molecule has 0 saturated carbocycles. The van der Waals surface area contributed by atoms with Gasteiger partial charge in [-0.15, -0.1) is 0 Å². The molecule has 4 N–H and O–H groups in total. The summed E-state index contributed by atoms with van der Waals surface area (Å²) < 4.78 is 4.97. The van der Waals surface area contributed by atoms with Crippen LogP contribution in [0, 0.1) is 0 Å². The van der Waals surface area contributed by atoms with Crippen molar-refractivity contribution in [2.24, 2.45) is 5.73 Å². The van der Waals surface area contributed by atoms with Gasteiger partial charge in [0, 0.05) is 13.1 Å². The number of nitrogens with two attached hydrogens (primary N) is 1. The number of allylic oxidation sites excluding steroid dienone is 2. The van der Waals surface area contributed by atoms with Gasteiger partial charge in [0.05, 0.1) is 19.2 Å². The van der Waals surface area contributed by atoms with Gasteiger partial charge in [0.15, 0.2) is 5.82 Å². The van der Waals surface area contributed by atoms with E-state index in [1.165, 1.54) is 0 Å². The first-order valence-corrected chi connectivity index (χ1v) is 7.21. The fraction of sp³-hybridized carbons (Fsp3) is 0.400.